The predicted octanol–water partition coefficient (Wildman–Crippen LogP) is 2.49. The third-order valence-electron chi connectivity index (χ3n) is 4.44. The molecule has 6 nitrogen and oxygen atoms in total. The highest BCUT2D eigenvalue weighted by Gasteiger charge is 2.71. The molecule has 0 aromatic heterocycles. The highest BCUT2D eigenvalue weighted by Crippen LogP contribution is 2.58. The van der Waals surface area contributed by atoms with E-state index >= 15 is 0 Å². The van der Waals surface area contributed by atoms with Crippen molar-refractivity contribution in [3.05, 3.63) is 35.9 Å². The van der Waals surface area contributed by atoms with E-state index in [1.807, 2.05) is 44.2 Å². The lowest BCUT2D eigenvalue weighted by molar-refractivity contribution is -0.181. The quantitative estimate of drug-likeness (QED) is 0.213. The molecule has 1 aromatic carbocycles. The number of carbonyl (C=O) groups excluding carboxylic acids is 3. The van der Waals surface area contributed by atoms with Crippen LogP contribution in [-0.4, -0.2) is 50.3 Å². The third-order valence-corrected chi connectivity index (χ3v) is 7.36. The maximum atomic E-state index is 12.7. The number of amides is 1. The number of fused-ring (bicyclic) bond motifs is 1. The topological polar surface area (TPSA) is 72.9 Å². The number of carbonyl (C=O) groups is 3. The molecule has 3 atom stereocenters. The van der Waals surface area contributed by atoms with Gasteiger partial charge in [-0.05, 0) is 35.3 Å². The van der Waals surface area contributed by atoms with Crippen molar-refractivity contribution < 1.29 is 23.9 Å². The number of hydrogen-bond acceptors (Lipinski definition) is 6. The fourth-order valence-corrected chi connectivity index (χ4v) is 5.60. The Morgan fingerprint density at radius 3 is 2.69 bits per heavy atom. The van der Waals surface area contributed by atoms with Gasteiger partial charge in [-0.25, -0.2) is 4.79 Å². The zero-order valence-electron chi connectivity index (χ0n) is 14.5. The third kappa shape index (κ3) is 3.30. The molecule has 8 heteroatoms. The molecular weight excluding hydrogens is 422 g/mol. The van der Waals surface area contributed by atoms with Gasteiger partial charge in [0.1, 0.15) is 24.3 Å². The van der Waals surface area contributed by atoms with Gasteiger partial charge in [0.05, 0.1) is 6.61 Å². The van der Waals surface area contributed by atoms with Crippen molar-refractivity contribution in [1.82, 2.24) is 4.90 Å². The number of aldehydes is 1. The van der Waals surface area contributed by atoms with Crippen LogP contribution in [0.4, 0.5) is 0 Å². The summed E-state index contributed by atoms with van der Waals surface area (Å²) in [6.45, 7) is 4.14. The van der Waals surface area contributed by atoms with E-state index in [0.29, 0.717) is 0 Å². The maximum absolute atomic E-state index is 12.7. The van der Waals surface area contributed by atoms with Crippen LogP contribution in [0.15, 0.2) is 30.3 Å². The van der Waals surface area contributed by atoms with Gasteiger partial charge >= 0.3 is 5.97 Å². The van der Waals surface area contributed by atoms with Crippen molar-refractivity contribution in [1.29, 1.82) is 0 Å². The van der Waals surface area contributed by atoms with Crippen molar-refractivity contribution in [2.45, 2.75) is 47.5 Å². The minimum absolute atomic E-state index is 0.148. The zero-order chi connectivity index (χ0) is 18.9. The second-order valence-corrected chi connectivity index (χ2v) is 9.64. The lowest BCUT2D eigenvalue weighted by atomic mass is 9.97. The van der Waals surface area contributed by atoms with Crippen LogP contribution in [0.2, 0.25) is 0 Å². The number of halogens is 1. The number of rotatable bonds is 7. The first-order chi connectivity index (χ1) is 12.3. The molecule has 0 spiro atoms. The molecule has 2 fully saturated rings. The summed E-state index contributed by atoms with van der Waals surface area (Å²) in [5.41, 5.74) is 0.892. The van der Waals surface area contributed by atoms with Gasteiger partial charge in [0.15, 0.2) is 0 Å². The molecule has 0 saturated carbocycles. The smallest absolute Gasteiger partial charge is 0.330 e. The Morgan fingerprint density at radius 1 is 1.35 bits per heavy atom. The van der Waals surface area contributed by atoms with E-state index in [1.165, 1.54) is 16.7 Å². The van der Waals surface area contributed by atoms with E-state index in [0.717, 1.165) is 11.8 Å². The van der Waals surface area contributed by atoms with E-state index in [9.17, 15) is 14.4 Å². The second kappa shape index (κ2) is 7.32. The summed E-state index contributed by atoms with van der Waals surface area (Å²) in [7, 11) is 0. The Balaban J connectivity index is 1.69. The van der Waals surface area contributed by atoms with Gasteiger partial charge in [-0.3, -0.25) is 4.79 Å². The fourth-order valence-electron chi connectivity index (χ4n) is 3.17. The van der Waals surface area contributed by atoms with Crippen LogP contribution in [0.5, 0.6) is 0 Å². The molecule has 0 unspecified atom stereocenters. The molecule has 0 radical (unpaired) electrons. The summed E-state index contributed by atoms with van der Waals surface area (Å²) in [5.74, 6) is -0.738. The average Bonchev–Trinajstić information content (AvgIpc) is 2.90. The summed E-state index contributed by atoms with van der Waals surface area (Å²) in [6.07, 6.45) is 0.955. The number of ether oxygens (including phenoxy) is 2. The van der Waals surface area contributed by atoms with Crippen LogP contribution in [0.25, 0.3) is 0 Å². The van der Waals surface area contributed by atoms with Gasteiger partial charge in [-0.2, -0.15) is 0 Å². The zero-order valence-corrected chi connectivity index (χ0v) is 16.9. The molecule has 2 saturated heterocycles. The molecular formula is C18H20BrNO5S. The molecule has 140 valence electrons. The van der Waals surface area contributed by atoms with Crippen LogP contribution in [0.3, 0.4) is 0 Å². The number of β-lactam (4-membered cyclic amide) rings is 1. The van der Waals surface area contributed by atoms with Gasteiger partial charge < -0.3 is 19.2 Å². The normalized spacial score (nSPS) is 29.0. The minimum atomic E-state index is -1.19. The van der Waals surface area contributed by atoms with Crippen LogP contribution in [0.1, 0.15) is 25.8 Å². The standard InChI is InChI=1S/C18H20BrNO5S/c1-17(2)13(14(22)24-11-12-7-4-3-5-8-12)20-15(23)18(19,16(20)26-17)25-10-6-9-21/h3-5,7-9,13,16H,6,10-11H2,1-2H3/t13-,16+,18-/m0/s1. The minimum Gasteiger partial charge on any atom is -0.459 e. The molecule has 3 rings (SSSR count). The summed E-state index contributed by atoms with van der Waals surface area (Å²) in [4.78, 5) is 37.4. The van der Waals surface area contributed by atoms with E-state index in [1.54, 1.807) is 0 Å². The fraction of sp³-hybridized carbons (Fsp3) is 0.500. The first-order valence-electron chi connectivity index (χ1n) is 8.29. The molecule has 1 aromatic rings. The van der Waals surface area contributed by atoms with Gasteiger partial charge in [0.2, 0.25) is 4.51 Å². The van der Waals surface area contributed by atoms with E-state index in [2.05, 4.69) is 15.9 Å². The van der Waals surface area contributed by atoms with Crippen LogP contribution >= 0.6 is 27.7 Å². The average molecular weight is 442 g/mol. The Morgan fingerprint density at radius 2 is 2.04 bits per heavy atom. The summed E-state index contributed by atoms with van der Waals surface area (Å²) >= 11 is 4.86. The Labute approximate surface area is 164 Å². The number of nitrogens with zero attached hydrogens (tertiary/aromatic N) is 1. The molecule has 0 N–H and O–H groups in total. The van der Waals surface area contributed by atoms with E-state index in [4.69, 9.17) is 9.47 Å². The number of alkyl halides is 1. The van der Waals surface area contributed by atoms with Gasteiger partial charge in [-0.1, -0.05) is 30.3 Å². The summed E-state index contributed by atoms with van der Waals surface area (Å²) in [5, 5.41) is -0.342. The molecule has 26 heavy (non-hydrogen) atoms. The molecule has 2 aliphatic heterocycles. The first kappa shape index (κ1) is 19.4. The predicted molar refractivity (Wildman–Crippen MR) is 101 cm³/mol. The number of hydrogen-bond donors (Lipinski definition) is 0. The number of esters is 1. The first-order valence-corrected chi connectivity index (χ1v) is 9.96. The lowest BCUT2D eigenvalue weighted by Crippen LogP contribution is -2.71. The Kier molecular flexibility index (Phi) is 5.46. The SMILES string of the molecule is CC1(C)S[C@H]2N(C(=O)[C@]2(Br)OCCC=O)[C@H]1C(=O)OCc1ccccc1. The summed E-state index contributed by atoms with van der Waals surface area (Å²) < 4.78 is 9.37. The van der Waals surface area contributed by atoms with Crippen molar-refractivity contribution in [2.75, 3.05) is 6.61 Å². The molecule has 2 aliphatic rings. The van der Waals surface area contributed by atoms with E-state index < -0.39 is 21.3 Å². The Bertz CT molecular complexity index is 713. The maximum Gasteiger partial charge on any atom is 0.330 e. The highest BCUT2D eigenvalue weighted by atomic mass is 79.9. The molecule has 0 aliphatic carbocycles. The Hall–Kier alpha value is -1.38. The van der Waals surface area contributed by atoms with Crippen LogP contribution in [0, 0.1) is 0 Å². The summed E-state index contributed by atoms with van der Waals surface area (Å²) in [6, 6.07) is 8.72. The van der Waals surface area contributed by atoms with Crippen molar-refractivity contribution in [3.63, 3.8) is 0 Å². The van der Waals surface area contributed by atoms with E-state index in [-0.39, 0.29) is 30.9 Å². The largest absolute Gasteiger partial charge is 0.459 e. The molecule has 2 heterocycles. The number of benzene rings is 1. The molecule has 1 amide bonds. The van der Waals surface area contributed by atoms with Crippen molar-refractivity contribution >= 4 is 45.9 Å². The van der Waals surface area contributed by atoms with Crippen LogP contribution < -0.4 is 0 Å². The number of thioether (sulfide) groups is 1. The van der Waals surface area contributed by atoms with Crippen molar-refractivity contribution in [2.24, 2.45) is 0 Å². The molecule has 0 bridgehead atoms. The van der Waals surface area contributed by atoms with Gasteiger partial charge in [0.25, 0.3) is 5.91 Å². The second-order valence-electron chi connectivity index (χ2n) is 6.73. The van der Waals surface area contributed by atoms with Crippen LogP contribution in [-0.2, 0) is 30.5 Å². The van der Waals surface area contributed by atoms with Crippen molar-refractivity contribution in [3.8, 4) is 0 Å². The highest BCUT2D eigenvalue weighted by molar-refractivity contribution is 9.10. The lowest BCUT2D eigenvalue weighted by Gasteiger charge is -2.49. The van der Waals surface area contributed by atoms with Gasteiger partial charge in [0, 0.05) is 11.2 Å². The monoisotopic (exact) mass is 441 g/mol. The van der Waals surface area contributed by atoms with Gasteiger partial charge in [-0.15, -0.1) is 11.8 Å².